The van der Waals surface area contributed by atoms with Crippen LogP contribution in [0.3, 0.4) is 0 Å². The molecule has 0 aliphatic rings. The summed E-state index contributed by atoms with van der Waals surface area (Å²) in [7, 11) is 1.93. The van der Waals surface area contributed by atoms with E-state index in [0.717, 1.165) is 29.1 Å². The summed E-state index contributed by atoms with van der Waals surface area (Å²) in [6, 6.07) is 8.30. The largest absolute Gasteiger partial charge is 0.438 e. The number of hydrogen-bond donors (Lipinski definition) is 1. The molecule has 1 heterocycles. The van der Waals surface area contributed by atoms with E-state index in [9.17, 15) is 0 Å². The number of aryl methyl sites for hydroxylation is 4. The molecule has 2 aromatic rings. The highest BCUT2D eigenvalue weighted by Crippen LogP contribution is 2.29. The third-order valence-electron chi connectivity index (χ3n) is 3.34. The van der Waals surface area contributed by atoms with Crippen LogP contribution in [0.15, 0.2) is 24.3 Å². The van der Waals surface area contributed by atoms with Crippen molar-refractivity contribution in [3.05, 3.63) is 52.2 Å². The molecule has 0 unspecified atom stereocenters. The van der Waals surface area contributed by atoms with E-state index in [1.54, 1.807) is 0 Å². The Morgan fingerprint density at radius 2 is 1.80 bits per heavy atom. The summed E-state index contributed by atoms with van der Waals surface area (Å²) < 4.78 is 6.08. The highest BCUT2D eigenvalue weighted by atomic mass is 16.5. The van der Waals surface area contributed by atoms with Gasteiger partial charge in [-0.05, 0) is 63.6 Å². The predicted molar refractivity (Wildman–Crippen MR) is 82.5 cm³/mol. The monoisotopic (exact) mass is 270 g/mol. The van der Waals surface area contributed by atoms with Gasteiger partial charge in [0.2, 0.25) is 5.88 Å². The minimum atomic E-state index is 0.700. The molecule has 0 atom stereocenters. The van der Waals surface area contributed by atoms with Gasteiger partial charge in [-0.1, -0.05) is 12.1 Å². The number of rotatable bonds is 4. The van der Waals surface area contributed by atoms with Gasteiger partial charge in [0.1, 0.15) is 5.75 Å². The summed E-state index contributed by atoms with van der Waals surface area (Å²) in [4.78, 5) is 4.56. The molecule has 3 heteroatoms. The molecule has 20 heavy (non-hydrogen) atoms. The molecule has 1 aromatic heterocycles. The maximum atomic E-state index is 6.08. The number of aromatic nitrogens is 1. The lowest BCUT2D eigenvalue weighted by atomic mass is 10.1. The lowest BCUT2D eigenvalue weighted by Gasteiger charge is -2.15. The van der Waals surface area contributed by atoms with Crippen LogP contribution in [-0.4, -0.2) is 12.0 Å². The molecule has 1 aromatic carbocycles. The summed E-state index contributed by atoms with van der Waals surface area (Å²) in [6.07, 6.45) is 0. The second-order valence-electron chi connectivity index (χ2n) is 5.27. The number of nitrogens with one attached hydrogen (secondary N) is 1. The predicted octanol–water partition coefficient (Wildman–Crippen LogP) is 3.83. The summed E-state index contributed by atoms with van der Waals surface area (Å²) in [5.41, 5.74) is 5.59. The van der Waals surface area contributed by atoms with Gasteiger partial charge in [-0.15, -0.1) is 0 Å². The molecule has 0 radical (unpaired) electrons. The molecule has 0 saturated carbocycles. The zero-order chi connectivity index (χ0) is 14.7. The lowest BCUT2D eigenvalue weighted by Crippen LogP contribution is -2.10. The van der Waals surface area contributed by atoms with Crippen LogP contribution in [0.2, 0.25) is 0 Å². The van der Waals surface area contributed by atoms with Gasteiger partial charge in [0.25, 0.3) is 0 Å². The Balaban J connectivity index is 2.44. The minimum Gasteiger partial charge on any atom is -0.438 e. The first-order chi connectivity index (χ1) is 9.51. The molecule has 0 aliphatic carbocycles. The van der Waals surface area contributed by atoms with E-state index >= 15 is 0 Å². The second-order valence-corrected chi connectivity index (χ2v) is 5.27. The van der Waals surface area contributed by atoms with Crippen LogP contribution < -0.4 is 10.1 Å². The first kappa shape index (κ1) is 14.5. The molecular formula is C17H22N2O. The fraction of sp³-hybridized carbons (Fsp3) is 0.353. The molecule has 0 aliphatic heterocycles. The Morgan fingerprint density at radius 1 is 1.05 bits per heavy atom. The third kappa shape index (κ3) is 3.17. The molecule has 0 saturated heterocycles. The number of hydrogen-bond acceptors (Lipinski definition) is 3. The van der Waals surface area contributed by atoms with Crippen molar-refractivity contribution in [2.75, 3.05) is 7.05 Å². The van der Waals surface area contributed by atoms with Gasteiger partial charge in [0, 0.05) is 17.8 Å². The fourth-order valence-electron chi connectivity index (χ4n) is 2.23. The molecule has 0 bridgehead atoms. The summed E-state index contributed by atoms with van der Waals surface area (Å²) >= 11 is 0. The lowest BCUT2D eigenvalue weighted by molar-refractivity contribution is 0.448. The van der Waals surface area contributed by atoms with Gasteiger partial charge in [-0.2, -0.15) is 0 Å². The topological polar surface area (TPSA) is 34.2 Å². The van der Waals surface area contributed by atoms with Crippen LogP contribution >= 0.6 is 0 Å². The van der Waals surface area contributed by atoms with Crippen molar-refractivity contribution in [2.24, 2.45) is 0 Å². The Kier molecular flexibility index (Phi) is 4.40. The van der Waals surface area contributed by atoms with Gasteiger partial charge >= 0.3 is 0 Å². The first-order valence-electron chi connectivity index (χ1n) is 6.88. The Labute approximate surface area is 121 Å². The smallest absolute Gasteiger partial charge is 0.224 e. The van der Waals surface area contributed by atoms with Crippen molar-refractivity contribution < 1.29 is 4.74 Å². The van der Waals surface area contributed by atoms with Crippen LogP contribution in [0.25, 0.3) is 0 Å². The maximum Gasteiger partial charge on any atom is 0.224 e. The quantitative estimate of drug-likeness (QED) is 0.917. The van der Waals surface area contributed by atoms with E-state index in [-0.39, 0.29) is 0 Å². The fourth-order valence-corrected chi connectivity index (χ4v) is 2.23. The van der Waals surface area contributed by atoms with Crippen molar-refractivity contribution >= 4 is 0 Å². The number of pyridine rings is 1. The molecular weight excluding hydrogens is 248 g/mol. The standard InChI is InChI=1S/C17H22N2O/c1-11-6-7-12(2)16(8-11)20-17-15(10-18-5)13(3)9-14(4)19-17/h6-9,18H,10H2,1-5H3. The maximum absolute atomic E-state index is 6.08. The van der Waals surface area contributed by atoms with Gasteiger partial charge in [-0.25, -0.2) is 4.98 Å². The molecule has 0 fully saturated rings. The van der Waals surface area contributed by atoms with E-state index in [4.69, 9.17) is 4.74 Å². The molecule has 2 rings (SSSR count). The van der Waals surface area contributed by atoms with Crippen molar-refractivity contribution in [2.45, 2.75) is 34.2 Å². The zero-order valence-electron chi connectivity index (χ0n) is 12.9. The summed E-state index contributed by atoms with van der Waals surface area (Å²) in [5, 5.41) is 3.18. The van der Waals surface area contributed by atoms with Gasteiger partial charge < -0.3 is 10.1 Å². The second kappa shape index (κ2) is 6.06. The van der Waals surface area contributed by atoms with E-state index in [2.05, 4.69) is 55.3 Å². The van der Waals surface area contributed by atoms with Crippen LogP contribution in [0.4, 0.5) is 0 Å². The first-order valence-corrected chi connectivity index (χ1v) is 6.88. The van der Waals surface area contributed by atoms with Crippen molar-refractivity contribution in [1.29, 1.82) is 0 Å². The average molecular weight is 270 g/mol. The number of nitrogens with zero attached hydrogens (tertiary/aromatic N) is 1. The van der Waals surface area contributed by atoms with Crippen molar-refractivity contribution in [1.82, 2.24) is 10.3 Å². The van der Waals surface area contributed by atoms with Crippen molar-refractivity contribution in [3.63, 3.8) is 0 Å². The highest BCUT2D eigenvalue weighted by Gasteiger charge is 2.12. The normalized spacial score (nSPS) is 10.7. The molecule has 3 nitrogen and oxygen atoms in total. The molecule has 106 valence electrons. The van der Waals surface area contributed by atoms with Gasteiger partial charge in [0.05, 0.1) is 0 Å². The molecule has 1 N–H and O–H groups in total. The van der Waals surface area contributed by atoms with Crippen LogP contribution in [0.5, 0.6) is 11.6 Å². The zero-order valence-corrected chi connectivity index (χ0v) is 12.9. The van der Waals surface area contributed by atoms with E-state index < -0.39 is 0 Å². The van der Waals surface area contributed by atoms with Gasteiger partial charge in [0.15, 0.2) is 0 Å². The van der Waals surface area contributed by atoms with E-state index in [1.807, 2.05) is 14.0 Å². The Hall–Kier alpha value is -1.87. The minimum absolute atomic E-state index is 0.700. The summed E-state index contributed by atoms with van der Waals surface area (Å²) in [6.45, 7) is 8.95. The number of benzene rings is 1. The SMILES string of the molecule is CNCc1c(C)cc(C)nc1Oc1cc(C)ccc1C. The highest BCUT2D eigenvalue weighted by molar-refractivity contribution is 5.42. The van der Waals surface area contributed by atoms with E-state index in [0.29, 0.717) is 5.88 Å². The molecule has 0 spiro atoms. The van der Waals surface area contributed by atoms with Crippen molar-refractivity contribution in [3.8, 4) is 11.6 Å². The Bertz CT molecular complexity index is 621. The van der Waals surface area contributed by atoms with Crippen LogP contribution in [0, 0.1) is 27.7 Å². The molecule has 0 amide bonds. The Morgan fingerprint density at radius 3 is 2.50 bits per heavy atom. The summed E-state index contributed by atoms with van der Waals surface area (Å²) in [5.74, 6) is 1.57. The third-order valence-corrected chi connectivity index (χ3v) is 3.34. The van der Waals surface area contributed by atoms with Crippen LogP contribution in [0.1, 0.15) is 27.9 Å². The van der Waals surface area contributed by atoms with Crippen LogP contribution in [-0.2, 0) is 6.54 Å². The van der Waals surface area contributed by atoms with E-state index in [1.165, 1.54) is 11.1 Å². The number of ether oxygens (including phenoxy) is 1. The van der Waals surface area contributed by atoms with Gasteiger partial charge in [-0.3, -0.25) is 0 Å². The average Bonchev–Trinajstić information content (AvgIpc) is 2.38.